The molecule has 0 unspecified atom stereocenters. The molecule has 0 spiro atoms. The molecular formula is C13H20N4S. The van der Waals surface area contributed by atoms with Crippen molar-refractivity contribution in [3.63, 3.8) is 0 Å². The van der Waals surface area contributed by atoms with E-state index in [2.05, 4.69) is 28.5 Å². The summed E-state index contributed by atoms with van der Waals surface area (Å²) in [6, 6.07) is 0. The molecule has 1 aliphatic rings. The monoisotopic (exact) mass is 264 g/mol. The highest BCUT2D eigenvalue weighted by atomic mass is 32.1. The second-order valence-corrected chi connectivity index (χ2v) is 5.88. The molecule has 4 nitrogen and oxygen atoms in total. The molecule has 3 rings (SSSR count). The van der Waals surface area contributed by atoms with E-state index in [9.17, 15) is 0 Å². The molecule has 1 N–H and O–H groups in total. The van der Waals surface area contributed by atoms with E-state index in [4.69, 9.17) is 12.2 Å². The van der Waals surface area contributed by atoms with Crippen LogP contribution in [0.15, 0.2) is 0 Å². The standard InChI is InChI=1S/C13H20N4S/c1-4-9-10-11(16(3)15-9)17(12(18)14-10)8-13(5-2)6-7-13/h4-8H2,1-3H3,(H,14,18). The predicted molar refractivity (Wildman–Crippen MR) is 75.2 cm³/mol. The molecule has 5 heteroatoms. The highest BCUT2D eigenvalue weighted by Crippen LogP contribution is 2.50. The van der Waals surface area contributed by atoms with Gasteiger partial charge in [-0.3, -0.25) is 4.68 Å². The summed E-state index contributed by atoms with van der Waals surface area (Å²) in [5.41, 5.74) is 3.87. The van der Waals surface area contributed by atoms with Gasteiger partial charge in [0.1, 0.15) is 5.52 Å². The number of imidazole rings is 1. The molecule has 1 aliphatic carbocycles. The zero-order chi connectivity index (χ0) is 12.9. The van der Waals surface area contributed by atoms with E-state index in [1.165, 1.54) is 19.3 Å². The van der Waals surface area contributed by atoms with Crippen LogP contribution in [-0.2, 0) is 20.0 Å². The second-order valence-electron chi connectivity index (χ2n) is 5.49. The highest BCUT2D eigenvalue weighted by molar-refractivity contribution is 7.71. The lowest BCUT2D eigenvalue weighted by Gasteiger charge is -2.13. The van der Waals surface area contributed by atoms with Gasteiger partial charge in [-0.1, -0.05) is 13.8 Å². The maximum absolute atomic E-state index is 5.48. The molecule has 0 saturated heterocycles. The zero-order valence-electron chi connectivity index (χ0n) is 11.3. The van der Waals surface area contributed by atoms with Crippen molar-refractivity contribution in [1.29, 1.82) is 0 Å². The molecule has 18 heavy (non-hydrogen) atoms. The van der Waals surface area contributed by atoms with Gasteiger partial charge in [-0.15, -0.1) is 0 Å². The largest absolute Gasteiger partial charge is 0.328 e. The molecule has 0 bridgehead atoms. The first-order valence-electron chi connectivity index (χ1n) is 6.74. The summed E-state index contributed by atoms with van der Waals surface area (Å²) in [5, 5.41) is 4.56. The van der Waals surface area contributed by atoms with Gasteiger partial charge in [-0.25, -0.2) is 0 Å². The number of H-pyrrole nitrogens is 1. The minimum Gasteiger partial charge on any atom is -0.328 e. The van der Waals surface area contributed by atoms with Crippen molar-refractivity contribution in [2.24, 2.45) is 12.5 Å². The van der Waals surface area contributed by atoms with E-state index >= 15 is 0 Å². The van der Waals surface area contributed by atoms with Crippen LogP contribution in [0.2, 0.25) is 0 Å². The number of aromatic nitrogens is 4. The van der Waals surface area contributed by atoms with E-state index in [0.29, 0.717) is 5.41 Å². The molecule has 2 heterocycles. The number of nitrogens with zero attached hydrogens (tertiary/aromatic N) is 3. The lowest BCUT2D eigenvalue weighted by Crippen LogP contribution is -2.12. The Morgan fingerprint density at radius 3 is 2.67 bits per heavy atom. The Kier molecular flexibility index (Phi) is 2.62. The van der Waals surface area contributed by atoms with Crippen LogP contribution in [0.5, 0.6) is 0 Å². The SMILES string of the molecule is CCc1nn(C)c2c1[nH]c(=S)n2CC1(CC)CC1. The third-order valence-electron chi connectivity index (χ3n) is 4.36. The van der Waals surface area contributed by atoms with Crippen LogP contribution in [-0.4, -0.2) is 19.3 Å². The molecular weight excluding hydrogens is 244 g/mol. The highest BCUT2D eigenvalue weighted by Gasteiger charge is 2.41. The van der Waals surface area contributed by atoms with Gasteiger partial charge in [0.05, 0.1) is 5.69 Å². The zero-order valence-corrected chi connectivity index (χ0v) is 12.1. The summed E-state index contributed by atoms with van der Waals surface area (Å²) >= 11 is 5.48. The Hall–Kier alpha value is -1.10. The number of rotatable bonds is 4. The summed E-state index contributed by atoms with van der Waals surface area (Å²) in [6.45, 7) is 5.44. The van der Waals surface area contributed by atoms with Crippen molar-refractivity contribution in [1.82, 2.24) is 19.3 Å². The maximum Gasteiger partial charge on any atom is 0.179 e. The fraction of sp³-hybridized carbons (Fsp3) is 0.692. The number of hydrogen-bond acceptors (Lipinski definition) is 2. The fourth-order valence-corrected chi connectivity index (χ4v) is 3.06. The first kappa shape index (κ1) is 12.0. The van der Waals surface area contributed by atoms with Crippen molar-refractivity contribution >= 4 is 23.4 Å². The van der Waals surface area contributed by atoms with E-state index in [-0.39, 0.29) is 0 Å². The predicted octanol–water partition coefficient (Wildman–Crippen LogP) is 3.18. The Bertz CT molecular complexity index is 642. The van der Waals surface area contributed by atoms with Gasteiger partial charge in [-0.05, 0) is 43.3 Å². The average Bonchev–Trinajstić information content (AvgIpc) is 2.98. The molecule has 2 aromatic rings. The normalized spacial score (nSPS) is 17.5. The fourth-order valence-electron chi connectivity index (χ4n) is 2.81. The summed E-state index contributed by atoms with van der Waals surface area (Å²) in [7, 11) is 2.01. The summed E-state index contributed by atoms with van der Waals surface area (Å²) < 4.78 is 5.05. The molecule has 0 aliphatic heterocycles. The van der Waals surface area contributed by atoms with Gasteiger partial charge in [0, 0.05) is 13.6 Å². The second kappa shape index (κ2) is 3.95. The van der Waals surface area contributed by atoms with Crippen LogP contribution >= 0.6 is 12.2 Å². The van der Waals surface area contributed by atoms with Crippen molar-refractivity contribution in [3.05, 3.63) is 10.5 Å². The van der Waals surface area contributed by atoms with Crippen molar-refractivity contribution in [2.75, 3.05) is 0 Å². The minimum absolute atomic E-state index is 0.490. The van der Waals surface area contributed by atoms with Crippen LogP contribution in [0.3, 0.4) is 0 Å². The molecule has 0 amide bonds. The molecule has 0 aromatic carbocycles. The van der Waals surface area contributed by atoms with Gasteiger partial charge in [0.25, 0.3) is 0 Å². The summed E-state index contributed by atoms with van der Waals surface area (Å²) in [6.07, 6.45) is 4.83. The Balaban J connectivity index is 2.14. The van der Waals surface area contributed by atoms with Crippen LogP contribution in [0.25, 0.3) is 11.2 Å². The van der Waals surface area contributed by atoms with Gasteiger partial charge >= 0.3 is 0 Å². The molecule has 0 radical (unpaired) electrons. The van der Waals surface area contributed by atoms with Gasteiger partial charge in [0.2, 0.25) is 0 Å². The number of aromatic amines is 1. The van der Waals surface area contributed by atoms with Crippen LogP contribution < -0.4 is 0 Å². The first-order valence-corrected chi connectivity index (χ1v) is 7.15. The number of nitrogens with one attached hydrogen (secondary N) is 1. The maximum atomic E-state index is 5.48. The van der Waals surface area contributed by atoms with Gasteiger partial charge in [-0.2, -0.15) is 5.10 Å². The third-order valence-corrected chi connectivity index (χ3v) is 4.68. The number of aryl methyl sites for hydroxylation is 2. The smallest absolute Gasteiger partial charge is 0.179 e. The lowest BCUT2D eigenvalue weighted by atomic mass is 10.0. The molecule has 1 fully saturated rings. The van der Waals surface area contributed by atoms with Gasteiger partial charge < -0.3 is 9.55 Å². The topological polar surface area (TPSA) is 38.5 Å². The third kappa shape index (κ3) is 1.64. The first-order chi connectivity index (χ1) is 8.60. The Labute approximate surface area is 112 Å². The van der Waals surface area contributed by atoms with E-state index in [0.717, 1.165) is 34.6 Å². The Morgan fingerprint density at radius 1 is 1.39 bits per heavy atom. The van der Waals surface area contributed by atoms with Crippen molar-refractivity contribution in [3.8, 4) is 0 Å². The summed E-state index contributed by atoms with van der Waals surface area (Å²) in [5.74, 6) is 0. The van der Waals surface area contributed by atoms with E-state index in [1.807, 2.05) is 11.7 Å². The minimum atomic E-state index is 0.490. The quantitative estimate of drug-likeness (QED) is 0.861. The van der Waals surface area contributed by atoms with Crippen molar-refractivity contribution in [2.45, 2.75) is 46.1 Å². The van der Waals surface area contributed by atoms with E-state index < -0.39 is 0 Å². The van der Waals surface area contributed by atoms with Crippen molar-refractivity contribution < 1.29 is 0 Å². The van der Waals surface area contributed by atoms with Crippen LogP contribution in [0.4, 0.5) is 0 Å². The van der Waals surface area contributed by atoms with E-state index in [1.54, 1.807) is 0 Å². The molecule has 2 aromatic heterocycles. The molecule has 1 saturated carbocycles. The number of hydrogen-bond donors (Lipinski definition) is 1. The molecule has 0 atom stereocenters. The summed E-state index contributed by atoms with van der Waals surface area (Å²) in [4.78, 5) is 3.34. The average molecular weight is 264 g/mol. The lowest BCUT2D eigenvalue weighted by molar-refractivity contribution is 0.409. The van der Waals surface area contributed by atoms with Gasteiger partial charge in [0.15, 0.2) is 10.4 Å². The van der Waals surface area contributed by atoms with Crippen LogP contribution in [0.1, 0.15) is 38.8 Å². The number of fused-ring (bicyclic) bond motifs is 1. The molecule has 98 valence electrons. The van der Waals surface area contributed by atoms with Crippen LogP contribution in [0, 0.1) is 10.2 Å². The Morgan fingerprint density at radius 2 is 2.11 bits per heavy atom.